The Morgan fingerprint density at radius 1 is 1.53 bits per heavy atom. The molecular weight excluding hydrogens is 256 g/mol. The highest BCUT2D eigenvalue weighted by molar-refractivity contribution is 5.75. The minimum Gasteiger partial charge on any atom is -0.354 e. The average molecular weight is 270 g/mol. The van der Waals surface area contributed by atoms with Gasteiger partial charge in [-0.05, 0) is 5.92 Å². The average Bonchev–Trinajstić information content (AvgIpc) is 2.29. The summed E-state index contributed by atoms with van der Waals surface area (Å²) in [5.41, 5.74) is -2.74. The van der Waals surface area contributed by atoms with Crippen molar-refractivity contribution in [2.24, 2.45) is 5.92 Å². The smallest absolute Gasteiger partial charge is 0.350 e. The zero-order chi connectivity index (χ0) is 14.6. The van der Waals surface area contributed by atoms with Crippen molar-refractivity contribution < 1.29 is 9.72 Å². The van der Waals surface area contributed by atoms with Gasteiger partial charge in [0, 0.05) is 6.54 Å². The molecule has 1 amide bonds. The van der Waals surface area contributed by atoms with Crippen molar-refractivity contribution in [3.63, 3.8) is 0 Å². The summed E-state index contributed by atoms with van der Waals surface area (Å²) in [5, 5.41) is 13.1. The number of carbonyl (C=O) groups is 1. The summed E-state index contributed by atoms with van der Waals surface area (Å²) < 4.78 is 0.787. The van der Waals surface area contributed by atoms with Crippen molar-refractivity contribution in [3.05, 3.63) is 37.1 Å². The number of hydrogen-bond acceptors (Lipinski definition) is 5. The van der Waals surface area contributed by atoms with E-state index in [1.165, 1.54) is 0 Å². The van der Waals surface area contributed by atoms with E-state index < -0.39 is 27.8 Å². The van der Waals surface area contributed by atoms with Crippen molar-refractivity contribution in [2.75, 3.05) is 6.54 Å². The van der Waals surface area contributed by atoms with E-state index in [1.807, 2.05) is 13.8 Å². The van der Waals surface area contributed by atoms with Crippen LogP contribution in [0.25, 0.3) is 0 Å². The lowest BCUT2D eigenvalue weighted by Gasteiger charge is -2.08. The number of rotatable bonds is 5. The molecule has 0 fully saturated rings. The van der Waals surface area contributed by atoms with E-state index in [-0.39, 0.29) is 12.5 Å². The molecule has 1 heterocycles. The highest BCUT2D eigenvalue weighted by Gasteiger charge is 2.16. The number of H-pyrrole nitrogens is 1. The number of amides is 1. The lowest BCUT2D eigenvalue weighted by Crippen LogP contribution is -2.37. The van der Waals surface area contributed by atoms with Gasteiger partial charge in [-0.1, -0.05) is 13.8 Å². The molecule has 0 aromatic carbocycles. The Kier molecular flexibility index (Phi) is 4.56. The van der Waals surface area contributed by atoms with Gasteiger partial charge in [-0.2, -0.15) is 0 Å². The van der Waals surface area contributed by atoms with Crippen LogP contribution in [0.4, 0.5) is 5.69 Å². The topological polar surface area (TPSA) is 127 Å². The van der Waals surface area contributed by atoms with Gasteiger partial charge in [0.2, 0.25) is 5.91 Å². The number of aromatic nitrogens is 2. The molecule has 0 aliphatic carbocycles. The second kappa shape index (κ2) is 5.94. The van der Waals surface area contributed by atoms with Crippen molar-refractivity contribution in [1.82, 2.24) is 14.9 Å². The van der Waals surface area contributed by atoms with Crippen LogP contribution in [0.5, 0.6) is 0 Å². The summed E-state index contributed by atoms with van der Waals surface area (Å²) in [5.74, 6) is -0.220. The van der Waals surface area contributed by atoms with Crippen LogP contribution < -0.4 is 16.6 Å². The molecule has 9 nitrogen and oxygen atoms in total. The summed E-state index contributed by atoms with van der Waals surface area (Å²) in [7, 11) is 0. The summed E-state index contributed by atoms with van der Waals surface area (Å²) in [6.07, 6.45) is 0.760. The number of hydrogen-bond donors (Lipinski definition) is 2. The highest BCUT2D eigenvalue weighted by atomic mass is 16.6. The molecule has 0 atom stereocenters. The van der Waals surface area contributed by atoms with Crippen LogP contribution in [0.15, 0.2) is 15.8 Å². The first kappa shape index (κ1) is 14.6. The van der Waals surface area contributed by atoms with Crippen molar-refractivity contribution in [3.8, 4) is 0 Å². The number of carbonyl (C=O) groups excluding carboxylic acids is 1. The molecule has 19 heavy (non-hydrogen) atoms. The van der Waals surface area contributed by atoms with E-state index >= 15 is 0 Å². The molecule has 0 saturated carbocycles. The summed E-state index contributed by atoms with van der Waals surface area (Å²) >= 11 is 0. The quantitative estimate of drug-likeness (QED) is 0.535. The Hall–Kier alpha value is -2.45. The van der Waals surface area contributed by atoms with Crippen LogP contribution in [0.1, 0.15) is 13.8 Å². The molecule has 1 aromatic heterocycles. The van der Waals surface area contributed by atoms with Crippen molar-refractivity contribution in [1.29, 1.82) is 0 Å². The Balaban J connectivity index is 2.93. The molecule has 0 aliphatic rings. The predicted molar refractivity (Wildman–Crippen MR) is 65.8 cm³/mol. The van der Waals surface area contributed by atoms with E-state index in [9.17, 15) is 24.5 Å². The van der Waals surface area contributed by atoms with Crippen LogP contribution in [-0.2, 0) is 11.3 Å². The molecule has 0 aliphatic heterocycles. The monoisotopic (exact) mass is 270 g/mol. The second-order valence-electron chi connectivity index (χ2n) is 4.36. The molecule has 9 heteroatoms. The van der Waals surface area contributed by atoms with Gasteiger partial charge in [-0.25, -0.2) is 4.79 Å². The Bertz CT molecular complexity index is 601. The third-order valence-corrected chi connectivity index (χ3v) is 2.21. The first-order chi connectivity index (χ1) is 8.81. The Labute approximate surface area is 107 Å². The third-order valence-electron chi connectivity index (χ3n) is 2.21. The summed E-state index contributed by atoms with van der Waals surface area (Å²) in [6.45, 7) is 3.84. The summed E-state index contributed by atoms with van der Waals surface area (Å²) in [6, 6.07) is 0. The predicted octanol–water partition coefficient (Wildman–Crippen LogP) is -0.783. The summed E-state index contributed by atoms with van der Waals surface area (Å²) in [4.78, 5) is 45.4. The maximum absolute atomic E-state index is 11.5. The van der Waals surface area contributed by atoms with E-state index in [4.69, 9.17) is 0 Å². The molecule has 0 radical (unpaired) electrons. The van der Waals surface area contributed by atoms with E-state index in [2.05, 4.69) is 5.32 Å². The van der Waals surface area contributed by atoms with E-state index in [0.717, 1.165) is 10.8 Å². The molecular formula is C10H14N4O5. The van der Waals surface area contributed by atoms with Crippen LogP contribution in [0, 0.1) is 16.0 Å². The van der Waals surface area contributed by atoms with Crippen molar-refractivity contribution >= 4 is 11.6 Å². The number of nitrogens with one attached hydrogen (secondary N) is 2. The SMILES string of the molecule is CC(C)CNC(=O)Cn1cc([N+](=O)[O-])c(=O)[nH]c1=O. The van der Waals surface area contributed by atoms with Gasteiger partial charge in [0.25, 0.3) is 0 Å². The first-order valence-electron chi connectivity index (χ1n) is 5.56. The number of nitrogens with zero attached hydrogens (tertiary/aromatic N) is 2. The maximum atomic E-state index is 11.5. The van der Waals surface area contributed by atoms with E-state index in [0.29, 0.717) is 6.54 Å². The molecule has 0 spiro atoms. The number of nitro groups is 1. The molecule has 0 bridgehead atoms. The molecule has 0 unspecified atom stereocenters. The normalized spacial score (nSPS) is 10.5. The lowest BCUT2D eigenvalue weighted by atomic mass is 10.2. The Morgan fingerprint density at radius 2 is 2.16 bits per heavy atom. The van der Waals surface area contributed by atoms with Gasteiger partial charge >= 0.3 is 16.9 Å². The minimum absolute atomic E-state index is 0.241. The van der Waals surface area contributed by atoms with Crippen LogP contribution in [0.3, 0.4) is 0 Å². The molecule has 0 saturated heterocycles. The fourth-order valence-corrected chi connectivity index (χ4v) is 1.27. The Morgan fingerprint density at radius 3 is 2.68 bits per heavy atom. The lowest BCUT2D eigenvalue weighted by molar-refractivity contribution is -0.386. The fraction of sp³-hybridized carbons (Fsp3) is 0.500. The van der Waals surface area contributed by atoms with Crippen LogP contribution in [0.2, 0.25) is 0 Å². The number of aromatic amines is 1. The maximum Gasteiger partial charge on any atom is 0.350 e. The minimum atomic E-state index is -1.09. The van der Waals surface area contributed by atoms with Gasteiger partial charge < -0.3 is 5.32 Å². The van der Waals surface area contributed by atoms with E-state index in [1.54, 1.807) is 4.98 Å². The van der Waals surface area contributed by atoms with Crippen LogP contribution in [-0.4, -0.2) is 26.9 Å². The molecule has 1 rings (SSSR count). The molecule has 1 aromatic rings. The van der Waals surface area contributed by atoms with Gasteiger partial charge in [-0.3, -0.25) is 29.3 Å². The fourth-order valence-electron chi connectivity index (χ4n) is 1.27. The zero-order valence-corrected chi connectivity index (χ0v) is 10.5. The van der Waals surface area contributed by atoms with Gasteiger partial charge in [0.15, 0.2) is 0 Å². The van der Waals surface area contributed by atoms with Gasteiger partial charge in [0.1, 0.15) is 6.54 Å². The highest BCUT2D eigenvalue weighted by Crippen LogP contribution is 1.98. The molecule has 104 valence electrons. The molecule has 2 N–H and O–H groups in total. The standard InChI is InChI=1S/C10H14N4O5/c1-6(2)3-11-8(15)5-13-4-7(14(18)19)9(16)12-10(13)17/h4,6H,3,5H2,1-2H3,(H,11,15)(H,12,16,17). The first-order valence-corrected chi connectivity index (χ1v) is 5.56. The second-order valence-corrected chi connectivity index (χ2v) is 4.36. The zero-order valence-electron chi connectivity index (χ0n) is 10.5. The van der Waals surface area contributed by atoms with Crippen molar-refractivity contribution in [2.45, 2.75) is 20.4 Å². The van der Waals surface area contributed by atoms with Gasteiger partial charge in [-0.15, -0.1) is 0 Å². The van der Waals surface area contributed by atoms with Crippen LogP contribution >= 0.6 is 0 Å². The third kappa shape index (κ3) is 4.05. The van der Waals surface area contributed by atoms with Gasteiger partial charge in [0.05, 0.1) is 11.1 Å². The largest absolute Gasteiger partial charge is 0.354 e.